The number of esters is 1. The number of ether oxygens (including phenoxy) is 1. The molecular weight excluding hydrogens is 388 g/mol. The number of carbonyl (C=O) groups excluding carboxylic acids is 1. The number of unbranched alkanes of at least 4 members (excludes halogenated alkanes) is 2. The molecule has 2 aliphatic rings. The largest absolute Gasteiger partial charge is 0.481 e. The SMILES string of the molecule is CCCCCC(CCC)CC1(C(=O)O)C2C=CC(C2)C1(C)C(=O)OCc1ccccc1. The van der Waals surface area contributed by atoms with Crippen LogP contribution in [-0.2, 0) is 20.9 Å². The standard InChI is InChI=1S/C27H38O4/c1-4-6-8-12-20(11-5-2)18-27(24(28)29)23-16-15-22(17-23)26(27,3)25(30)31-19-21-13-9-7-10-14-21/h7,9-10,13-16,20,22-23H,4-6,8,11-12,17-19H2,1-3H3,(H,28,29). The number of rotatable bonds is 12. The van der Waals surface area contributed by atoms with Gasteiger partial charge in [-0.05, 0) is 43.1 Å². The van der Waals surface area contributed by atoms with Crippen LogP contribution in [0.3, 0.4) is 0 Å². The first-order valence-corrected chi connectivity index (χ1v) is 12.0. The van der Waals surface area contributed by atoms with Gasteiger partial charge >= 0.3 is 11.9 Å². The quantitative estimate of drug-likeness (QED) is 0.239. The Hall–Kier alpha value is -2.10. The molecule has 5 atom stereocenters. The van der Waals surface area contributed by atoms with Gasteiger partial charge in [-0.3, -0.25) is 9.59 Å². The van der Waals surface area contributed by atoms with E-state index in [2.05, 4.69) is 26.0 Å². The highest BCUT2D eigenvalue weighted by Gasteiger charge is 2.71. The van der Waals surface area contributed by atoms with Gasteiger partial charge in [0.25, 0.3) is 0 Å². The van der Waals surface area contributed by atoms with E-state index in [-0.39, 0.29) is 24.4 Å². The molecule has 4 nitrogen and oxygen atoms in total. The molecule has 2 bridgehead atoms. The summed E-state index contributed by atoms with van der Waals surface area (Å²) in [6, 6.07) is 9.60. The van der Waals surface area contributed by atoms with Crippen LogP contribution in [0.25, 0.3) is 0 Å². The van der Waals surface area contributed by atoms with Crippen molar-refractivity contribution in [2.75, 3.05) is 0 Å². The predicted molar refractivity (Wildman–Crippen MR) is 122 cm³/mol. The zero-order chi connectivity index (χ0) is 22.5. The number of benzene rings is 1. The van der Waals surface area contributed by atoms with Gasteiger partial charge in [-0.2, -0.15) is 0 Å². The van der Waals surface area contributed by atoms with Crippen molar-refractivity contribution in [3.8, 4) is 0 Å². The summed E-state index contributed by atoms with van der Waals surface area (Å²) in [4.78, 5) is 26.5. The molecule has 5 unspecified atom stereocenters. The van der Waals surface area contributed by atoms with Crippen LogP contribution in [0.4, 0.5) is 0 Å². The van der Waals surface area contributed by atoms with E-state index < -0.39 is 16.8 Å². The van der Waals surface area contributed by atoms with E-state index in [4.69, 9.17) is 4.74 Å². The Morgan fingerprint density at radius 2 is 1.77 bits per heavy atom. The van der Waals surface area contributed by atoms with Gasteiger partial charge in [0, 0.05) is 0 Å². The number of carboxylic acids is 1. The van der Waals surface area contributed by atoms with E-state index in [1.165, 1.54) is 6.42 Å². The van der Waals surface area contributed by atoms with Crippen LogP contribution < -0.4 is 0 Å². The van der Waals surface area contributed by atoms with E-state index >= 15 is 0 Å². The van der Waals surface area contributed by atoms with Crippen molar-refractivity contribution in [2.45, 2.75) is 78.7 Å². The number of hydrogen-bond donors (Lipinski definition) is 1. The zero-order valence-electron chi connectivity index (χ0n) is 19.3. The van der Waals surface area contributed by atoms with E-state index in [1.807, 2.05) is 37.3 Å². The average Bonchev–Trinajstić information content (AvgIpc) is 3.34. The maximum absolute atomic E-state index is 13.5. The maximum Gasteiger partial charge on any atom is 0.313 e. The molecule has 0 aromatic heterocycles. The van der Waals surface area contributed by atoms with E-state index in [0.717, 1.165) is 44.1 Å². The highest BCUT2D eigenvalue weighted by molar-refractivity contribution is 5.90. The van der Waals surface area contributed by atoms with Crippen molar-refractivity contribution in [1.29, 1.82) is 0 Å². The molecule has 1 N–H and O–H groups in total. The van der Waals surface area contributed by atoms with Crippen molar-refractivity contribution in [3.63, 3.8) is 0 Å². The Bertz CT molecular complexity index is 786. The molecule has 0 aliphatic heterocycles. The first-order chi connectivity index (χ1) is 14.9. The number of carboxylic acid groups (broad SMARTS) is 1. The van der Waals surface area contributed by atoms with Crippen LogP contribution >= 0.6 is 0 Å². The Balaban J connectivity index is 1.88. The lowest BCUT2D eigenvalue weighted by atomic mass is 9.55. The normalized spacial score (nSPS) is 29.8. The second kappa shape index (κ2) is 10.0. The van der Waals surface area contributed by atoms with Gasteiger partial charge in [0.2, 0.25) is 0 Å². The van der Waals surface area contributed by atoms with Crippen LogP contribution in [0.5, 0.6) is 0 Å². The lowest BCUT2D eigenvalue weighted by molar-refractivity contribution is -0.181. The van der Waals surface area contributed by atoms with Gasteiger partial charge < -0.3 is 9.84 Å². The predicted octanol–water partition coefficient (Wildman–Crippen LogP) is 6.40. The van der Waals surface area contributed by atoms with E-state index in [1.54, 1.807) is 0 Å². The molecule has 0 heterocycles. The molecule has 0 amide bonds. The van der Waals surface area contributed by atoms with Crippen LogP contribution in [0, 0.1) is 28.6 Å². The summed E-state index contributed by atoms with van der Waals surface area (Å²) in [6.45, 7) is 6.39. The number of carbonyl (C=O) groups is 2. The minimum atomic E-state index is -1.09. The summed E-state index contributed by atoms with van der Waals surface area (Å²) in [6.07, 6.45) is 11.9. The summed E-state index contributed by atoms with van der Waals surface area (Å²) >= 11 is 0. The number of allylic oxidation sites excluding steroid dienone is 2. The van der Waals surface area contributed by atoms with Gasteiger partial charge in [0.15, 0.2) is 0 Å². The molecule has 1 saturated carbocycles. The monoisotopic (exact) mass is 426 g/mol. The summed E-state index contributed by atoms with van der Waals surface area (Å²) in [5, 5.41) is 10.6. The number of hydrogen-bond acceptors (Lipinski definition) is 3. The minimum absolute atomic E-state index is 0.0743. The van der Waals surface area contributed by atoms with E-state index in [9.17, 15) is 14.7 Å². The maximum atomic E-state index is 13.5. The third-order valence-corrected chi connectivity index (χ3v) is 7.93. The Kier molecular flexibility index (Phi) is 7.61. The fourth-order valence-corrected chi connectivity index (χ4v) is 6.14. The zero-order valence-corrected chi connectivity index (χ0v) is 19.3. The molecule has 4 heteroatoms. The summed E-state index contributed by atoms with van der Waals surface area (Å²) in [7, 11) is 0. The van der Waals surface area contributed by atoms with Gasteiger partial charge in [0.1, 0.15) is 6.61 Å². The third-order valence-electron chi connectivity index (χ3n) is 7.93. The molecule has 0 spiro atoms. The van der Waals surface area contributed by atoms with Crippen molar-refractivity contribution >= 4 is 11.9 Å². The molecule has 0 radical (unpaired) electrons. The van der Waals surface area contributed by atoms with Crippen LogP contribution in [-0.4, -0.2) is 17.0 Å². The molecule has 1 aromatic rings. The molecule has 170 valence electrons. The highest BCUT2D eigenvalue weighted by Crippen LogP contribution is 2.67. The first kappa shape index (κ1) is 23.6. The molecule has 3 rings (SSSR count). The van der Waals surface area contributed by atoms with Crippen molar-refractivity contribution < 1.29 is 19.4 Å². The molecular formula is C27H38O4. The fourth-order valence-electron chi connectivity index (χ4n) is 6.14. The average molecular weight is 427 g/mol. The van der Waals surface area contributed by atoms with Crippen molar-refractivity contribution in [1.82, 2.24) is 0 Å². The minimum Gasteiger partial charge on any atom is -0.481 e. The summed E-state index contributed by atoms with van der Waals surface area (Å²) in [5.74, 6) is -1.05. The van der Waals surface area contributed by atoms with Gasteiger partial charge in [0.05, 0.1) is 10.8 Å². The molecule has 1 fully saturated rings. The third kappa shape index (κ3) is 4.31. The molecule has 0 saturated heterocycles. The second-order valence-corrected chi connectivity index (χ2v) is 9.73. The Morgan fingerprint density at radius 1 is 1.06 bits per heavy atom. The number of fused-ring (bicyclic) bond motifs is 2. The number of aliphatic carboxylic acids is 1. The Labute approximate surface area is 187 Å². The molecule has 2 aliphatic carbocycles. The first-order valence-electron chi connectivity index (χ1n) is 12.0. The van der Waals surface area contributed by atoms with Crippen LogP contribution in [0.1, 0.15) is 77.7 Å². The summed E-state index contributed by atoms with van der Waals surface area (Å²) < 4.78 is 5.78. The van der Waals surface area contributed by atoms with Crippen molar-refractivity contribution in [3.05, 3.63) is 48.0 Å². The van der Waals surface area contributed by atoms with Crippen molar-refractivity contribution in [2.24, 2.45) is 28.6 Å². The van der Waals surface area contributed by atoms with Gasteiger partial charge in [-0.15, -0.1) is 0 Å². The smallest absolute Gasteiger partial charge is 0.313 e. The Morgan fingerprint density at radius 3 is 2.42 bits per heavy atom. The summed E-state index contributed by atoms with van der Waals surface area (Å²) in [5.41, 5.74) is -1.21. The lowest BCUT2D eigenvalue weighted by Gasteiger charge is -2.46. The molecule has 31 heavy (non-hydrogen) atoms. The fraction of sp³-hybridized carbons (Fsp3) is 0.630. The van der Waals surface area contributed by atoms with Gasteiger partial charge in [-0.1, -0.05) is 94.9 Å². The van der Waals surface area contributed by atoms with Crippen LogP contribution in [0.2, 0.25) is 0 Å². The molecule has 1 aromatic carbocycles. The topological polar surface area (TPSA) is 63.6 Å². The highest BCUT2D eigenvalue weighted by atomic mass is 16.5. The van der Waals surface area contributed by atoms with Crippen LogP contribution in [0.15, 0.2) is 42.5 Å². The second-order valence-electron chi connectivity index (χ2n) is 9.73. The van der Waals surface area contributed by atoms with E-state index in [0.29, 0.717) is 12.3 Å². The lowest BCUT2D eigenvalue weighted by Crippen LogP contribution is -2.54. The van der Waals surface area contributed by atoms with Gasteiger partial charge in [-0.25, -0.2) is 0 Å².